The SMILES string of the molecule is COC(F)Cn1cncc1F. The van der Waals surface area contributed by atoms with Crippen LogP contribution in [0.25, 0.3) is 0 Å². The van der Waals surface area contributed by atoms with Gasteiger partial charge in [-0.25, -0.2) is 9.37 Å². The molecule has 0 spiro atoms. The van der Waals surface area contributed by atoms with E-state index in [2.05, 4.69) is 9.72 Å². The molecule has 1 aromatic heterocycles. The topological polar surface area (TPSA) is 27.1 Å². The molecule has 0 fully saturated rings. The molecule has 0 N–H and O–H groups in total. The van der Waals surface area contributed by atoms with Crippen LogP contribution in [0, 0.1) is 5.95 Å². The molecule has 1 aromatic rings. The van der Waals surface area contributed by atoms with Crippen LogP contribution in [0.4, 0.5) is 8.78 Å². The zero-order valence-corrected chi connectivity index (χ0v) is 6.00. The van der Waals surface area contributed by atoms with Crippen LogP contribution in [-0.4, -0.2) is 23.0 Å². The number of ether oxygens (including phenoxy) is 1. The summed E-state index contributed by atoms with van der Waals surface area (Å²) in [5.74, 6) is -0.565. The molecule has 1 atom stereocenters. The Morgan fingerprint density at radius 1 is 1.82 bits per heavy atom. The molecule has 0 aliphatic heterocycles. The van der Waals surface area contributed by atoms with E-state index in [1.807, 2.05) is 0 Å². The lowest BCUT2D eigenvalue weighted by Crippen LogP contribution is -2.13. The van der Waals surface area contributed by atoms with Crippen molar-refractivity contribution in [1.29, 1.82) is 0 Å². The van der Waals surface area contributed by atoms with Gasteiger partial charge in [0.1, 0.15) is 0 Å². The first-order valence-electron chi connectivity index (χ1n) is 3.06. The monoisotopic (exact) mass is 162 g/mol. The second-order valence-corrected chi connectivity index (χ2v) is 2.01. The van der Waals surface area contributed by atoms with Crippen molar-refractivity contribution in [2.75, 3.05) is 7.11 Å². The van der Waals surface area contributed by atoms with Gasteiger partial charge in [0.05, 0.1) is 19.1 Å². The number of aromatic nitrogens is 2. The number of nitrogens with zero attached hydrogens (tertiary/aromatic N) is 2. The normalized spacial score (nSPS) is 13.4. The third-order valence-corrected chi connectivity index (χ3v) is 1.26. The molecule has 11 heavy (non-hydrogen) atoms. The van der Waals surface area contributed by atoms with E-state index in [0.29, 0.717) is 0 Å². The highest BCUT2D eigenvalue weighted by Crippen LogP contribution is 2.01. The molecular formula is C6H8F2N2O. The van der Waals surface area contributed by atoms with Gasteiger partial charge in [-0.1, -0.05) is 0 Å². The summed E-state index contributed by atoms with van der Waals surface area (Å²) >= 11 is 0. The van der Waals surface area contributed by atoms with Gasteiger partial charge >= 0.3 is 0 Å². The molecule has 5 heteroatoms. The van der Waals surface area contributed by atoms with Crippen molar-refractivity contribution >= 4 is 0 Å². The summed E-state index contributed by atoms with van der Waals surface area (Å²) in [7, 11) is 1.22. The maximum atomic E-state index is 12.5. The van der Waals surface area contributed by atoms with Crippen molar-refractivity contribution < 1.29 is 13.5 Å². The smallest absolute Gasteiger partial charge is 0.216 e. The second kappa shape index (κ2) is 3.43. The number of hydrogen-bond acceptors (Lipinski definition) is 2. The number of hydrogen-bond donors (Lipinski definition) is 0. The van der Waals surface area contributed by atoms with E-state index in [4.69, 9.17) is 0 Å². The molecule has 0 aromatic carbocycles. The average molecular weight is 162 g/mol. The van der Waals surface area contributed by atoms with Crippen molar-refractivity contribution in [2.45, 2.75) is 12.9 Å². The predicted octanol–water partition coefficient (Wildman–Crippen LogP) is 0.964. The minimum absolute atomic E-state index is 0.164. The number of methoxy groups -OCH3 is 1. The van der Waals surface area contributed by atoms with Gasteiger partial charge in [0, 0.05) is 7.11 Å². The molecule has 0 amide bonds. The van der Waals surface area contributed by atoms with Crippen LogP contribution in [0.1, 0.15) is 0 Å². The van der Waals surface area contributed by atoms with E-state index >= 15 is 0 Å². The molecule has 1 heterocycles. The number of alkyl halides is 1. The third kappa shape index (κ3) is 1.98. The van der Waals surface area contributed by atoms with Crippen LogP contribution in [0.3, 0.4) is 0 Å². The highest BCUT2D eigenvalue weighted by atomic mass is 19.1. The molecule has 0 bridgehead atoms. The Hall–Kier alpha value is -0.970. The van der Waals surface area contributed by atoms with Crippen molar-refractivity contribution in [3.63, 3.8) is 0 Å². The minimum atomic E-state index is -1.49. The van der Waals surface area contributed by atoms with Crippen molar-refractivity contribution in [2.24, 2.45) is 0 Å². The average Bonchev–Trinajstić information content (AvgIpc) is 2.37. The van der Waals surface area contributed by atoms with Crippen molar-refractivity contribution in [3.05, 3.63) is 18.5 Å². The quantitative estimate of drug-likeness (QED) is 0.662. The molecule has 62 valence electrons. The molecule has 0 aliphatic rings. The Kier molecular flexibility index (Phi) is 2.53. The fraction of sp³-hybridized carbons (Fsp3) is 0.500. The van der Waals surface area contributed by atoms with Crippen LogP contribution in [0.2, 0.25) is 0 Å². The molecule has 1 unspecified atom stereocenters. The molecular weight excluding hydrogens is 154 g/mol. The summed E-state index contributed by atoms with van der Waals surface area (Å²) in [6.07, 6.45) is 0.738. The number of imidazole rings is 1. The Morgan fingerprint density at radius 2 is 2.55 bits per heavy atom. The fourth-order valence-electron chi connectivity index (χ4n) is 0.668. The lowest BCUT2D eigenvalue weighted by atomic mass is 10.6. The highest BCUT2D eigenvalue weighted by molar-refractivity contribution is 4.79. The van der Waals surface area contributed by atoms with Gasteiger partial charge in [-0.2, -0.15) is 4.39 Å². The summed E-state index contributed by atoms with van der Waals surface area (Å²) in [4.78, 5) is 3.47. The van der Waals surface area contributed by atoms with E-state index in [0.717, 1.165) is 10.8 Å². The van der Waals surface area contributed by atoms with Crippen LogP contribution in [-0.2, 0) is 11.3 Å². The standard InChI is InChI=1S/C6H8F2N2O/c1-11-6(8)3-10-4-9-2-5(10)7/h2,4,6H,3H2,1H3. The van der Waals surface area contributed by atoms with Gasteiger partial charge in [0.25, 0.3) is 0 Å². The zero-order valence-electron chi connectivity index (χ0n) is 6.00. The first-order chi connectivity index (χ1) is 5.24. The first kappa shape index (κ1) is 8.13. The van der Waals surface area contributed by atoms with Gasteiger partial charge in [0.2, 0.25) is 12.3 Å². The lowest BCUT2D eigenvalue weighted by Gasteiger charge is -2.05. The Labute approximate surface area is 62.6 Å². The summed E-state index contributed by atoms with van der Waals surface area (Å²) in [6.45, 7) is -0.164. The van der Waals surface area contributed by atoms with Crippen molar-refractivity contribution in [1.82, 2.24) is 9.55 Å². The van der Waals surface area contributed by atoms with Gasteiger partial charge < -0.3 is 9.30 Å². The van der Waals surface area contributed by atoms with E-state index in [-0.39, 0.29) is 6.54 Å². The largest absolute Gasteiger partial charge is 0.350 e. The van der Waals surface area contributed by atoms with E-state index in [1.165, 1.54) is 13.4 Å². The Bertz CT molecular complexity index is 226. The van der Waals surface area contributed by atoms with E-state index in [9.17, 15) is 8.78 Å². The van der Waals surface area contributed by atoms with E-state index < -0.39 is 12.3 Å². The molecule has 0 radical (unpaired) electrons. The van der Waals surface area contributed by atoms with Crippen LogP contribution >= 0.6 is 0 Å². The summed E-state index contributed by atoms with van der Waals surface area (Å²) in [5.41, 5.74) is 0. The van der Waals surface area contributed by atoms with Crippen LogP contribution in [0.15, 0.2) is 12.5 Å². The molecule has 1 rings (SSSR count). The van der Waals surface area contributed by atoms with Crippen LogP contribution in [0.5, 0.6) is 0 Å². The Balaban J connectivity index is 2.56. The molecule has 3 nitrogen and oxygen atoms in total. The summed E-state index contributed by atoms with van der Waals surface area (Å²) in [6, 6.07) is 0. The molecule has 0 saturated carbocycles. The van der Waals surface area contributed by atoms with Crippen LogP contribution < -0.4 is 0 Å². The van der Waals surface area contributed by atoms with Gasteiger partial charge in [-0.15, -0.1) is 0 Å². The molecule has 0 aliphatic carbocycles. The number of rotatable bonds is 3. The van der Waals surface area contributed by atoms with Gasteiger partial charge in [-0.05, 0) is 0 Å². The summed E-state index contributed by atoms with van der Waals surface area (Å²) < 4.78 is 30.3. The molecule has 0 saturated heterocycles. The first-order valence-corrected chi connectivity index (χ1v) is 3.06. The zero-order chi connectivity index (χ0) is 8.27. The van der Waals surface area contributed by atoms with Crippen molar-refractivity contribution in [3.8, 4) is 0 Å². The maximum Gasteiger partial charge on any atom is 0.216 e. The number of halogens is 2. The third-order valence-electron chi connectivity index (χ3n) is 1.26. The second-order valence-electron chi connectivity index (χ2n) is 2.01. The van der Waals surface area contributed by atoms with Gasteiger partial charge in [-0.3, -0.25) is 0 Å². The predicted molar refractivity (Wildman–Crippen MR) is 34.1 cm³/mol. The van der Waals surface area contributed by atoms with Gasteiger partial charge in [0.15, 0.2) is 0 Å². The highest BCUT2D eigenvalue weighted by Gasteiger charge is 2.07. The minimum Gasteiger partial charge on any atom is -0.350 e. The maximum absolute atomic E-state index is 12.5. The fourth-order valence-corrected chi connectivity index (χ4v) is 0.668. The van der Waals surface area contributed by atoms with E-state index in [1.54, 1.807) is 0 Å². The summed E-state index contributed by atoms with van der Waals surface area (Å²) in [5, 5.41) is 0. The lowest BCUT2D eigenvalue weighted by molar-refractivity contribution is -0.0187. The Morgan fingerprint density at radius 3 is 3.00 bits per heavy atom.